The van der Waals surface area contributed by atoms with Crippen LogP contribution in [0.15, 0.2) is 78.9 Å². The number of methoxy groups -OCH3 is 1. The van der Waals surface area contributed by atoms with Crippen molar-refractivity contribution < 1.29 is 28.3 Å². The third-order valence-corrected chi connectivity index (χ3v) is 11.1. The minimum atomic E-state index is -3.45. The van der Waals surface area contributed by atoms with E-state index in [0.29, 0.717) is 30.1 Å². The van der Waals surface area contributed by atoms with Gasteiger partial charge < -0.3 is 28.5 Å². The fourth-order valence-corrected chi connectivity index (χ4v) is 9.29. The van der Waals surface area contributed by atoms with E-state index in [1.807, 2.05) is 85.8 Å². The van der Waals surface area contributed by atoms with E-state index in [-0.39, 0.29) is 31.4 Å². The largest absolute Gasteiger partial charge is 0.497 e. The van der Waals surface area contributed by atoms with Gasteiger partial charge in [0.15, 0.2) is 5.60 Å². The summed E-state index contributed by atoms with van der Waals surface area (Å²) >= 11 is 0. The van der Waals surface area contributed by atoms with E-state index >= 15 is 4.11 Å². The Bertz CT molecular complexity index is 1420. The zero-order chi connectivity index (χ0) is 30.1. The molecular weight excluding hydrogens is 551 g/mol. The molecule has 0 aromatic heterocycles. The second kappa shape index (κ2) is 12.0. The first-order valence-electron chi connectivity index (χ1n) is 14.4. The predicted molar refractivity (Wildman–Crippen MR) is 162 cm³/mol. The van der Waals surface area contributed by atoms with Crippen LogP contribution in [0.2, 0.25) is 18.6 Å². The molecule has 1 spiro atoms. The maximum absolute atomic E-state index is 16.2. The second-order valence-corrected chi connectivity index (χ2v) is 15.6. The van der Waals surface area contributed by atoms with E-state index < -0.39 is 31.6 Å². The molecule has 3 aromatic carbocycles. The first-order chi connectivity index (χ1) is 20.1. The highest BCUT2D eigenvalue weighted by Gasteiger charge is 2.67. The fourth-order valence-electron chi connectivity index (χ4n) is 6.79. The van der Waals surface area contributed by atoms with Crippen molar-refractivity contribution in [3.8, 4) is 5.75 Å². The Balaban J connectivity index is 1.52. The Morgan fingerprint density at radius 2 is 1.71 bits per heavy atom. The summed E-state index contributed by atoms with van der Waals surface area (Å²) in [5.41, 5.74) is 1.16. The third kappa shape index (κ3) is 5.48. The highest BCUT2D eigenvalue weighted by Crippen LogP contribution is 2.60. The van der Waals surface area contributed by atoms with Crippen molar-refractivity contribution in [3.05, 3.63) is 95.6 Å². The Hall–Kier alpha value is -3.53. The van der Waals surface area contributed by atoms with Crippen LogP contribution >= 0.6 is 0 Å². The molecule has 0 radical (unpaired) electrons. The topological polar surface area (TPSA) is 79.3 Å². The number of carbonyl (C=O) groups is 2. The van der Waals surface area contributed by atoms with Crippen molar-refractivity contribution >= 4 is 25.9 Å². The second-order valence-electron chi connectivity index (χ2n) is 11.8. The van der Waals surface area contributed by atoms with E-state index in [1.165, 1.54) is 0 Å². The summed E-state index contributed by atoms with van der Waals surface area (Å²) < 4.78 is 28.5. The van der Waals surface area contributed by atoms with Gasteiger partial charge in [0.05, 0.1) is 38.5 Å². The normalized spacial score (nSPS) is 23.3. The van der Waals surface area contributed by atoms with Gasteiger partial charge in [-0.25, -0.2) is 0 Å². The van der Waals surface area contributed by atoms with Crippen LogP contribution in [0.25, 0.3) is 0 Å². The lowest BCUT2D eigenvalue weighted by atomic mass is 9.82. The van der Waals surface area contributed by atoms with Crippen molar-refractivity contribution in [2.75, 3.05) is 25.2 Å². The third-order valence-electron chi connectivity index (χ3n) is 8.67. The fraction of sp³-hybridized carbons (Fsp3) is 0.394. The molecule has 42 heavy (non-hydrogen) atoms. The summed E-state index contributed by atoms with van der Waals surface area (Å²) in [7, 11) is -1.89. The number of hydrogen-bond acceptors (Lipinski definition) is 5. The van der Waals surface area contributed by atoms with Crippen LogP contribution in [-0.4, -0.2) is 56.6 Å². The molecule has 0 saturated carbocycles. The molecule has 0 bridgehead atoms. The van der Waals surface area contributed by atoms with Crippen molar-refractivity contribution in [3.63, 3.8) is 0 Å². The van der Waals surface area contributed by atoms with E-state index in [0.717, 1.165) is 11.1 Å². The molecule has 2 amide bonds. The molecule has 7 nitrogen and oxygen atoms in total. The molecular formula is C33H39FN2O5Si. The van der Waals surface area contributed by atoms with Crippen LogP contribution in [0, 0.1) is 5.92 Å². The van der Waals surface area contributed by atoms with Crippen molar-refractivity contribution in [2.24, 2.45) is 5.92 Å². The molecule has 4 atom stereocenters. The van der Waals surface area contributed by atoms with Crippen LogP contribution in [0.4, 0.5) is 9.80 Å². The van der Waals surface area contributed by atoms with Gasteiger partial charge in [0.25, 0.3) is 5.91 Å². The predicted octanol–water partition coefficient (Wildman–Crippen LogP) is 5.43. The summed E-state index contributed by atoms with van der Waals surface area (Å²) in [5, 5.41) is 9.72. The number of nitrogens with zero attached hydrogens (tertiary/aromatic N) is 2. The molecule has 0 unspecified atom stereocenters. The quantitative estimate of drug-likeness (QED) is 0.252. The summed E-state index contributed by atoms with van der Waals surface area (Å²) in [6.45, 7) is 5.73. The van der Waals surface area contributed by atoms with Crippen LogP contribution in [0.3, 0.4) is 0 Å². The summed E-state index contributed by atoms with van der Waals surface area (Å²) in [5.74, 6) is -0.454. The number of benzene rings is 3. The molecule has 2 heterocycles. The molecule has 5 rings (SSSR count). The molecule has 2 aliphatic rings. The number of halogens is 1. The summed E-state index contributed by atoms with van der Waals surface area (Å²) in [4.78, 5) is 31.5. The van der Waals surface area contributed by atoms with E-state index in [2.05, 4.69) is 0 Å². The lowest BCUT2D eigenvalue weighted by Gasteiger charge is -2.31. The van der Waals surface area contributed by atoms with Gasteiger partial charge in [-0.05, 0) is 42.4 Å². The minimum absolute atomic E-state index is 0.0881. The zero-order valence-corrected chi connectivity index (χ0v) is 25.6. The van der Waals surface area contributed by atoms with Gasteiger partial charge >= 0.3 is 0 Å². The first kappa shape index (κ1) is 29.9. The van der Waals surface area contributed by atoms with Crippen molar-refractivity contribution in [1.82, 2.24) is 4.90 Å². The number of rotatable bonds is 10. The van der Waals surface area contributed by atoms with Crippen LogP contribution < -0.4 is 9.64 Å². The summed E-state index contributed by atoms with van der Waals surface area (Å²) in [6, 6.07) is 24.7. The van der Waals surface area contributed by atoms with Gasteiger partial charge in [-0.2, -0.15) is 0 Å². The summed E-state index contributed by atoms with van der Waals surface area (Å²) in [6.07, 6.45) is -0.898. The zero-order valence-electron chi connectivity index (χ0n) is 24.6. The van der Waals surface area contributed by atoms with Crippen LogP contribution in [-0.2, 0) is 33.0 Å². The highest BCUT2D eigenvalue weighted by molar-refractivity contribution is 6.72. The average molecular weight is 591 g/mol. The SMILES string of the molecule is COc1ccc2c(c1)[C@]1(O[C@@H](CC(=O)N(CCO)Cc3ccccc3)[C@H]([Si](C)(C)F)[C@H]1C)C(=O)N2Cc1ccccc1. The number of ether oxygens (including phenoxy) is 2. The number of hydrogen-bond donors (Lipinski definition) is 1. The monoisotopic (exact) mass is 590 g/mol. The molecule has 9 heteroatoms. The van der Waals surface area contributed by atoms with Gasteiger partial charge in [0.2, 0.25) is 14.3 Å². The maximum atomic E-state index is 16.2. The lowest BCUT2D eigenvalue weighted by Crippen LogP contribution is -2.45. The lowest BCUT2D eigenvalue weighted by molar-refractivity contribution is -0.150. The molecule has 2 aliphatic heterocycles. The number of carbonyl (C=O) groups excluding carboxylic acids is 2. The number of aliphatic hydroxyl groups is 1. The molecule has 1 saturated heterocycles. The standard InChI is InChI=1S/C33H39FN2O5Si/c1-23-31(42(3,4)34)29(20-30(38)35(17-18-37)21-24-11-7-5-8-12-24)41-33(23)27-19-26(40-2)15-16-28(27)36(32(33)39)22-25-13-9-6-10-14-25/h5-16,19,23,29,31,37H,17-18,20-22H2,1-4H3/t23-,29+,31-,33+/m1/s1. The number of fused-ring (bicyclic) bond motifs is 2. The van der Waals surface area contributed by atoms with Crippen LogP contribution in [0.1, 0.15) is 30.0 Å². The van der Waals surface area contributed by atoms with Crippen LogP contribution in [0.5, 0.6) is 5.75 Å². The Morgan fingerprint density at radius 1 is 1.07 bits per heavy atom. The molecule has 0 aliphatic carbocycles. The van der Waals surface area contributed by atoms with Crippen molar-refractivity contribution in [1.29, 1.82) is 0 Å². The van der Waals surface area contributed by atoms with Crippen molar-refractivity contribution in [2.45, 2.75) is 56.8 Å². The molecule has 3 aromatic rings. The maximum Gasteiger partial charge on any atom is 0.264 e. The van der Waals surface area contributed by atoms with Gasteiger partial charge in [0, 0.05) is 30.1 Å². The minimum Gasteiger partial charge on any atom is -0.497 e. The Kier molecular flexibility index (Phi) is 8.55. The van der Waals surface area contributed by atoms with Gasteiger partial charge in [0.1, 0.15) is 5.75 Å². The number of anilines is 1. The Morgan fingerprint density at radius 3 is 2.31 bits per heavy atom. The van der Waals surface area contributed by atoms with Gasteiger partial charge in [-0.1, -0.05) is 67.6 Å². The highest BCUT2D eigenvalue weighted by atomic mass is 28.4. The van der Waals surface area contributed by atoms with E-state index in [4.69, 9.17) is 9.47 Å². The van der Waals surface area contributed by atoms with Gasteiger partial charge in [-0.3, -0.25) is 9.59 Å². The smallest absolute Gasteiger partial charge is 0.264 e. The average Bonchev–Trinajstić information content (AvgIpc) is 3.40. The number of aliphatic hydroxyl groups excluding tert-OH is 1. The molecule has 1 fully saturated rings. The molecule has 222 valence electrons. The number of amides is 2. The Labute approximate surface area is 248 Å². The van der Waals surface area contributed by atoms with E-state index in [1.54, 1.807) is 30.0 Å². The van der Waals surface area contributed by atoms with E-state index in [9.17, 15) is 14.7 Å². The first-order valence-corrected chi connectivity index (χ1v) is 17.4. The molecule has 1 N–H and O–H groups in total. The van der Waals surface area contributed by atoms with Gasteiger partial charge in [-0.15, -0.1) is 0 Å².